The van der Waals surface area contributed by atoms with Crippen LogP contribution in [0.5, 0.6) is 11.5 Å². The molecule has 0 unspecified atom stereocenters. The molecule has 4 rings (SSSR count). The Balaban J connectivity index is 1.69. The molecule has 3 aromatic rings. The van der Waals surface area contributed by atoms with Gasteiger partial charge in [0.25, 0.3) is 5.91 Å². The van der Waals surface area contributed by atoms with E-state index in [2.05, 4.69) is 5.32 Å². The Morgan fingerprint density at radius 1 is 1.07 bits per heavy atom. The molecule has 0 spiro atoms. The average Bonchev–Trinajstić information content (AvgIpc) is 3.02. The van der Waals surface area contributed by atoms with Gasteiger partial charge in [0.2, 0.25) is 10.0 Å². The predicted molar refractivity (Wildman–Crippen MR) is 169 cm³/mol. The molecule has 0 fully saturated rings. The van der Waals surface area contributed by atoms with Crippen LogP contribution in [0.25, 0.3) is 11.1 Å². The fourth-order valence-electron chi connectivity index (χ4n) is 4.96. The number of methoxy groups -OCH3 is 1. The minimum absolute atomic E-state index is 0.0377. The normalized spacial score (nSPS) is 18.5. The molecule has 0 aliphatic carbocycles. The first-order valence-corrected chi connectivity index (χ1v) is 15.7. The molecular formula is C32H40N4O7S. The van der Waals surface area contributed by atoms with Crippen molar-refractivity contribution in [1.82, 2.24) is 14.1 Å². The second-order valence-corrected chi connectivity index (χ2v) is 13.1. The van der Waals surface area contributed by atoms with Crippen molar-refractivity contribution >= 4 is 27.6 Å². The summed E-state index contributed by atoms with van der Waals surface area (Å²) in [6.45, 7) is 3.39. The van der Waals surface area contributed by atoms with Gasteiger partial charge in [0, 0.05) is 50.9 Å². The fraction of sp³-hybridized carbons (Fsp3) is 0.375. The van der Waals surface area contributed by atoms with Crippen LogP contribution >= 0.6 is 0 Å². The van der Waals surface area contributed by atoms with Crippen LogP contribution in [0.4, 0.5) is 10.5 Å². The van der Waals surface area contributed by atoms with E-state index in [0.717, 1.165) is 0 Å². The lowest BCUT2D eigenvalue weighted by molar-refractivity contribution is 0.0827. The summed E-state index contributed by atoms with van der Waals surface area (Å²) in [7, 11) is 2.51. The molecule has 0 saturated heterocycles. The highest BCUT2D eigenvalue weighted by atomic mass is 32.2. The summed E-state index contributed by atoms with van der Waals surface area (Å²) >= 11 is 0. The molecule has 1 aliphatic heterocycles. The van der Waals surface area contributed by atoms with Gasteiger partial charge < -0.3 is 29.7 Å². The molecule has 44 heavy (non-hydrogen) atoms. The van der Waals surface area contributed by atoms with Gasteiger partial charge in [0.05, 0.1) is 20.3 Å². The number of sulfonamides is 1. The summed E-state index contributed by atoms with van der Waals surface area (Å²) in [4.78, 5) is 28.6. The smallest absolute Gasteiger partial charge is 0.321 e. The van der Waals surface area contributed by atoms with Crippen LogP contribution in [-0.4, -0.2) is 99.7 Å². The van der Waals surface area contributed by atoms with E-state index in [4.69, 9.17) is 9.47 Å². The zero-order chi connectivity index (χ0) is 32.2. The monoisotopic (exact) mass is 624 g/mol. The number of hydrogen-bond donors (Lipinski definition) is 2. The average molecular weight is 625 g/mol. The van der Waals surface area contributed by atoms with Crippen LogP contribution in [0.1, 0.15) is 24.2 Å². The van der Waals surface area contributed by atoms with Gasteiger partial charge >= 0.3 is 6.03 Å². The minimum Gasteiger partial charge on any atom is -0.497 e. The van der Waals surface area contributed by atoms with Crippen LogP contribution in [0.2, 0.25) is 0 Å². The molecule has 3 aromatic carbocycles. The summed E-state index contributed by atoms with van der Waals surface area (Å²) in [5.41, 5.74) is 2.46. The van der Waals surface area contributed by atoms with Crippen molar-refractivity contribution in [3.05, 3.63) is 72.3 Å². The lowest BCUT2D eigenvalue weighted by Crippen LogP contribution is -2.50. The Kier molecular flexibility index (Phi) is 10.2. The van der Waals surface area contributed by atoms with Gasteiger partial charge in [-0.2, -0.15) is 4.31 Å². The Bertz CT molecular complexity index is 1590. The highest BCUT2D eigenvalue weighted by molar-refractivity contribution is 7.89. The van der Waals surface area contributed by atoms with Crippen molar-refractivity contribution in [1.29, 1.82) is 0 Å². The van der Waals surface area contributed by atoms with Crippen molar-refractivity contribution in [2.75, 3.05) is 53.3 Å². The third kappa shape index (κ3) is 7.15. The number of nitrogens with zero attached hydrogens (tertiary/aromatic N) is 3. The second kappa shape index (κ2) is 13.7. The summed E-state index contributed by atoms with van der Waals surface area (Å²) in [6.07, 6.45) is -0.596. The number of urea groups is 1. The van der Waals surface area contributed by atoms with Gasteiger partial charge in [0.15, 0.2) is 0 Å². The van der Waals surface area contributed by atoms with Crippen LogP contribution in [-0.2, 0) is 10.0 Å². The number of nitrogens with one attached hydrogen (secondary N) is 1. The van der Waals surface area contributed by atoms with Crippen molar-refractivity contribution in [3.63, 3.8) is 0 Å². The molecule has 2 N–H and O–H groups in total. The lowest BCUT2D eigenvalue weighted by atomic mass is 10.0. The molecule has 1 heterocycles. The zero-order valence-corrected chi connectivity index (χ0v) is 26.7. The van der Waals surface area contributed by atoms with Crippen molar-refractivity contribution in [2.45, 2.75) is 30.9 Å². The standard InChI is InChI=1S/C32H40N4O7S/c1-21-18-36(22(2)20-37)44(40,41)30-15-10-24(23-8-7-9-25(16-23)31(38)34(3)4)17-28(30)43-29(21)19-35(5)32(39)33-26-11-13-27(42-6)14-12-26/h7-17,21-22,29,37H,18-20H2,1-6H3,(H,33,39)/t21-,22-,29+/m1/s1. The van der Waals surface area contributed by atoms with Gasteiger partial charge in [0.1, 0.15) is 22.5 Å². The van der Waals surface area contributed by atoms with Crippen LogP contribution < -0.4 is 14.8 Å². The predicted octanol–water partition coefficient (Wildman–Crippen LogP) is 4.00. The maximum atomic E-state index is 13.9. The SMILES string of the molecule is COc1ccc(NC(=O)N(C)C[C@@H]2Oc3cc(-c4cccc(C(=O)N(C)C)c4)ccc3S(=O)(=O)N([C@H](C)CO)C[C@H]2C)cc1. The third-order valence-electron chi connectivity index (χ3n) is 7.66. The number of likely N-dealkylation sites (N-methyl/N-ethyl adjacent to an activating group) is 1. The van der Waals surface area contributed by atoms with Crippen LogP contribution in [0, 0.1) is 5.92 Å². The van der Waals surface area contributed by atoms with E-state index < -0.39 is 22.2 Å². The van der Waals surface area contributed by atoms with Gasteiger partial charge in [-0.3, -0.25) is 4.79 Å². The van der Waals surface area contributed by atoms with E-state index >= 15 is 0 Å². The first-order chi connectivity index (χ1) is 20.8. The molecule has 1 aliphatic rings. The number of aliphatic hydroxyl groups excluding tert-OH is 1. The third-order valence-corrected chi connectivity index (χ3v) is 9.68. The quantitative estimate of drug-likeness (QED) is 0.388. The number of hydrogen-bond acceptors (Lipinski definition) is 7. The molecule has 236 valence electrons. The number of rotatable bonds is 8. The van der Waals surface area contributed by atoms with Gasteiger partial charge in [-0.1, -0.05) is 25.1 Å². The van der Waals surface area contributed by atoms with E-state index in [1.807, 2.05) is 13.0 Å². The van der Waals surface area contributed by atoms with Crippen LogP contribution in [0.3, 0.4) is 0 Å². The van der Waals surface area contributed by atoms with Gasteiger partial charge in [-0.25, -0.2) is 13.2 Å². The van der Waals surface area contributed by atoms with Crippen molar-refractivity contribution < 1.29 is 32.6 Å². The summed E-state index contributed by atoms with van der Waals surface area (Å²) in [5, 5.41) is 12.8. The maximum absolute atomic E-state index is 13.9. The molecule has 0 bridgehead atoms. The second-order valence-electron chi connectivity index (χ2n) is 11.2. The summed E-state index contributed by atoms with van der Waals surface area (Å²) in [6, 6.07) is 17.8. The highest BCUT2D eigenvalue weighted by Gasteiger charge is 2.38. The van der Waals surface area contributed by atoms with Crippen LogP contribution in [0.15, 0.2) is 71.6 Å². The molecule has 11 nitrogen and oxygen atoms in total. The fourth-order valence-corrected chi connectivity index (χ4v) is 6.78. The van der Waals surface area contributed by atoms with E-state index in [-0.39, 0.29) is 48.2 Å². The largest absolute Gasteiger partial charge is 0.497 e. The first kappa shape index (κ1) is 32.8. The first-order valence-electron chi connectivity index (χ1n) is 14.3. The number of carbonyl (C=O) groups excluding carboxylic acids is 2. The molecule has 0 aromatic heterocycles. The van der Waals surface area contributed by atoms with Crippen molar-refractivity contribution in [2.24, 2.45) is 5.92 Å². The number of carbonyl (C=O) groups is 2. The zero-order valence-electron chi connectivity index (χ0n) is 25.9. The molecule has 3 amide bonds. The highest BCUT2D eigenvalue weighted by Crippen LogP contribution is 2.37. The number of fused-ring (bicyclic) bond motifs is 1. The molecule has 0 radical (unpaired) electrons. The number of aliphatic hydroxyl groups is 1. The summed E-state index contributed by atoms with van der Waals surface area (Å²) < 4.78 is 40.7. The molecule has 12 heteroatoms. The Morgan fingerprint density at radius 3 is 2.39 bits per heavy atom. The number of benzene rings is 3. The Morgan fingerprint density at radius 2 is 1.75 bits per heavy atom. The van der Waals surface area contributed by atoms with E-state index in [1.54, 1.807) is 89.8 Å². The molecular weight excluding hydrogens is 584 g/mol. The van der Waals surface area contributed by atoms with E-state index in [9.17, 15) is 23.1 Å². The Hall–Kier alpha value is -4.13. The topological polar surface area (TPSA) is 129 Å². The molecule has 3 atom stereocenters. The van der Waals surface area contributed by atoms with Gasteiger partial charge in [-0.05, 0) is 66.6 Å². The van der Waals surface area contributed by atoms with E-state index in [0.29, 0.717) is 28.1 Å². The van der Waals surface area contributed by atoms with Crippen molar-refractivity contribution in [3.8, 4) is 22.6 Å². The Labute approximate surface area is 259 Å². The maximum Gasteiger partial charge on any atom is 0.321 e. The number of ether oxygens (including phenoxy) is 2. The summed E-state index contributed by atoms with van der Waals surface area (Å²) in [5.74, 6) is 0.282. The lowest BCUT2D eigenvalue weighted by Gasteiger charge is -2.37. The van der Waals surface area contributed by atoms with E-state index in [1.165, 1.54) is 20.2 Å². The number of anilines is 1. The van der Waals surface area contributed by atoms with Gasteiger partial charge in [-0.15, -0.1) is 0 Å². The minimum atomic E-state index is -4.05. The molecule has 0 saturated carbocycles. The number of amides is 3.